The minimum absolute atomic E-state index is 0.178. The van der Waals surface area contributed by atoms with Crippen LogP contribution in [0.2, 0.25) is 0 Å². The molecule has 1 N–H and O–H groups in total. The lowest BCUT2D eigenvalue weighted by atomic mass is 10.0. The Morgan fingerprint density at radius 1 is 0.705 bits per heavy atom. The molecule has 0 saturated heterocycles. The van der Waals surface area contributed by atoms with Gasteiger partial charge in [-0.3, -0.25) is 0 Å². The number of nitrogens with one attached hydrogen (secondary N) is 1. The number of methoxy groups -OCH3 is 1. The fraction of sp³-hybridized carbons (Fsp3) is 0.590. The highest BCUT2D eigenvalue weighted by Gasteiger charge is 2.14. The summed E-state index contributed by atoms with van der Waals surface area (Å²) in [7, 11) is 1.64. The Bertz CT molecular complexity index is 1180. The van der Waals surface area contributed by atoms with E-state index >= 15 is 0 Å². The van der Waals surface area contributed by atoms with Crippen molar-refractivity contribution in [1.82, 2.24) is 0 Å². The maximum absolute atomic E-state index is 12.8. The molecule has 0 spiro atoms. The summed E-state index contributed by atoms with van der Waals surface area (Å²) in [5, 5.41) is 2.37. The largest absolute Gasteiger partial charge is 0.459 e. The van der Waals surface area contributed by atoms with Crippen LogP contribution in [0.1, 0.15) is 131 Å². The fourth-order valence-electron chi connectivity index (χ4n) is 5.71. The average molecular weight is 605 g/mol. The molecule has 1 atom stereocenters. The zero-order chi connectivity index (χ0) is 31.1. The summed E-state index contributed by atoms with van der Waals surface area (Å²) >= 11 is 0. The number of esters is 1. The Hall–Kier alpha value is -2.76. The minimum Gasteiger partial charge on any atom is -0.459 e. The lowest BCUT2D eigenvalue weighted by Crippen LogP contribution is -2.26. The molecule has 242 valence electrons. The third-order valence-corrected chi connectivity index (χ3v) is 8.48. The number of carbonyl (C=O) groups is 1. The number of pyridine rings is 1. The molecule has 0 aliphatic heterocycles. The van der Waals surface area contributed by atoms with Gasteiger partial charge >= 0.3 is 5.97 Å². The topological polar surface area (TPSA) is 58.9 Å². The first-order valence-corrected chi connectivity index (χ1v) is 17.5. The fourth-order valence-corrected chi connectivity index (χ4v) is 5.71. The van der Waals surface area contributed by atoms with E-state index in [-0.39, 0.29) is 18.7 Å². The predicted molar refractivity (Wildman–Crippen MR) is 181 cm³/mol. The van der Waals surface area contributed by atoms with Gasteiger partial charge in [-0.1, -0.05) is 134 Å². The van der Waals surface area contributed by atoms with Crippen molar-refractivity contribution in [2.24, 2.45) is 0 Å². The number of aromatic nitrogens is 1. The van der Waals surface area contributed by atoms with E-state index in [2.05, 4.69) is 30.1 Å². The van der Waals surface area contributed by atoms with Crippen LogP contribution < -0.4 is 4.98 Å². The number of unbranched alkanes of at least 4 members (excludes halogenated alkanes) is 15. The number of hydrogen-bond acceptors (Lipinski definition) is 4. The molecule has 5 heteroatoms. The minimum atomic E-state index is -0.339. The Balaban J connectivity index is 1.19. The van der Waals surface area contributed by atoms with Gasteiger partial charge in [0, 0.05) is 25.2 Å². The molecule has 2 aromatic carbocycles. The second kappa shape index (κ2) is 22.7. The Kier molecular flexibility index (Phi) is 18.4. The van der Waals surface area contributed by atoms with E-state index in [0.717, 1.165) is 24.3 Å². The van der Waals surface area contributed by atoms with Crippen molar-refractivity contribution in [3.63, 3.8) is 0 Å². The van der Waals surface area contributed by atoms with Crippen LogP contribution in [-0.4, -0.2) is 39.0 Å². The van der Waals surface area contributed by atoms with Gasteiger partial charge in [0.25, 0.3) is 0 Å². The number of rotatable bonds is 25. The molecule has 0 radical (unpaired) electrons. The quantitative estimate of drug-likeness (QED) is 0.0713. The molecule has 0 bridgehead atoms. The van der Waals surface area contributed by atoms with Gasteiger partial charge in [0.05, 0.1) is 18.6 Å². The van der Waals surface area contributed by atoms with Gasteiger partial charge in [0.1, 0.15) is 12.7 Å². The summed E-state index contributed by atoms with van der Waals surface area (Å²) in [6.07, 6.45) is 24.2. The lowest BCUT2D eigenvalue weighted by molar-refractivity contribution is -0.387. The first-order chi connectivity index (χ1) is 21.7. The summed E-state index contributed by atoms with van der Waals surface area (Å²) in [6, 6.07) is 18.1. The molecular formula is C39H58NO4+. The van der Waals surface area contributed by atoms with Crippen LogP contribution in [0.15, 0.2) is 60.8 Å². The van der Waals surface area contributed by atoms with Crippen molar-refractivity contribution >= 4 is 16.7 Å². The van der Waals surface area contributed by atoms with Gasteiger partial charge in [-0.25, -0.2) is 9.78 Å². The van der Waals surface area contributed by atoms with Crippen molar-refractivity contribution in [1.29, 1.82) is 0 Å². The number of hydrogen-bond donors (Lipinski definition) is 0. The van der Waals surface area contributed by atoms with Crippen LogP contribution in [0.3, 0.4) is 0 Å². The third-order valence-electron chi connectivity index (χ3n) is 8.48. The van der Waals surface area contributed by atoms with Crippen LogP contribution >= 0.6 is 0 Å². The van der Waals surface area contributed by atoms with Crippen molar-refractivity contribution in [3.05, 3.63) is 77.6 Å². The highest BCUT2D eigenvalue weighted by atomic mass is 16.6. The van der Waals surface area contributed by atoms with E-state index in [1.807, 2.05) is 36.5 Å². The van der Waals surface area contributed by atoms with Crippen LogP contribution in [0.5, 0.6) is 0 Å². The van der Waals surface area contributed by atoms with Gasteiger partial charge in [0.2, 0.25) is 0 Å². The summed E-state index contributed by atoms with van der Waals surface area (Å²) in [5.74, 6) is -0.339. The highest BCUT2D eigenvalue weighted by Crippen LogP contribution is 2.16. The molecule has 0 aliphatic carbocycles. The first-order valence-electron chi connectivity index (χ1n) is 17.5. The number of H-pyrrole nitrogens is 1. The normalized spacial score (nSPS) is 12.0. The van der Waals surface area contributed by atoms with Gasteiger partial charge in [-0.15, -0.1) is 0 Å². The maximum Gasteiger partial charge on any atom is 0.338 e. The molecule has 0 aliphatic rings. The molecule has 3 rings (SSSR count). The summed E-state index contributed by atoms with van der Waals surface area (Å²) < 4.78 is 16.9. The van der Waals surface area contributed by atoms with Gasteiger partial charge in [-0.05, 0) is 35.6 Å². The van der Waals surface area contributed by atoms with Gasteiger partial charge in [-0.2, -0.15) is 0 Å². The number of fused-ring (bicyclic) bond motifs is 1. The van der Waals surface area contributed by atoms with Crippen LogP contribution in [0.4, 0.5) is 0 Å². The van der Waals surface area contributed by atoms with E-state index in [4.69, 9.17) is 14.2 Å². The Morgan fingerprint density at radius 3 is 1.95 bits per heavy atom. The lowest BCUT2D eigenvalue weighted by Gasteiger charge is -2.16. The molecule has 44 heavy (non-hydrogen) atoms. The second-order valence-electron chi connectivity index (χ2n) is 12.3. The summed E-state index contributed by atoms with van der Waals surface area (Å²) in [4.78, 5) is 16.1. The number of ether oxygens (including phenoxy) is 3. The number of benzene rings is 2. The van der Waals surface area contributed by atoms with Crippen molar-refractivity contribution in [3.8, 4) is 0 Å². The predicted octanol–water partition coefficient (Wildman–Crippen LogP) is 9.69. The number of carbonyl (C=O) groups excluding carboxylic acids is 1. The molecule has 0 amide bonds. The molecular weight excluding hydrogens is 546 g/mol. The van der Waals surface area contributed by atoms with E-state index in [9.17, 15) is 4.79 Å². The summed E-state index contributed by atoms with van der Waals surface area (Å²) in [6.45, 7) is 3.61. The second-order valence-corrected chi connectivity index (χ2v) is 12.3. The molecule has 1 heterocycles. The Morgan fingerprint density at radius 2 is 1.32 bits per heavy atom. The van der Waals surface area contributed by atoms with Gasteiger partial charge in [0.15, 0.2) is 11.9 Å². The van der Waals surface area contributed by atoms with E-state index in [1.54, 1.807) is 13.2 Å². The zero-order valence-corrected chi connectivity index (χ0v) is 27.6. The maximum atomic E-state index is 12.8. The molecule has 0 fully saturated rings. The summed E-state index contributed by atoms with van der Waals surface area (Å²) in [5.41, 5.74) is 2.69. The molecule has 1 aromatic heterocycles. The molecule has 1 unspecified atom stereocenters. The molecule has 0 saturated carbocycles. The first kappa shape index (κ1) is 35.7. The van der Waals surface area contributed by atoms with E-state index in [0.29, 0.717) is 18.6 Å². The van der Waals surface area contributed by atoms with Crippen molar-refractivity contribution < 1.29 is 24.0 Å². The van der Waals surface area contributed by atoms with Crippen LogP contribution in [0.25, 0.3) is 10.8 Å². The van der Waals surface area contributed by atoms with Crippen molar-refractivity contribution in [2.75, 3.05) is 26.9 Å². The van der Waals surface area contributed by atoms with E-state index < -0.39 is 0 Å². The zero-order valence-electron chi connectivity index (χ0n) is 27.6. The SMILES string of the molecule is CCCCCCCCCCCCCCCCCCOCC(COC(=O)c1cccc(Cc2cc3ccccc3c[nH+]2)c1)OC. The molecule has 5 nitrogen and oxygen atoms in total. The van der Waals surface area contributed by atoms with Crippen molar-refractivity contribution in [2.45, 2.75) is 122 Å². The van der Waals surface area contributed by atoms with Gasteiger partial charge < -0.3 is 14.2 Å². The van der Waals surface area contributed by atoms with Crippen LogP contribution in [0, 0.1) is 0 Å². The molecule has 3 aromatic rings. The third kappa shape index (κ3) is 14.8. The van der Waals surface area contributed by atoms with E-state index in [1.165, 1.54) is 107 Å². The smallest absolute Gasteiger partial charge is 0.338 e. The average Bonchev–Trinajstić information content (AvgIpc) is 3.05. The van der Waals surface area contributed by atoms with Crippen LogP contribution in [-0.2, 0) is 20.6 Å². The highest BCUT2D eigenvalue weighted by molar-refractivity contribution is 5.89. The number of aromatic amines is 1. The monoisotopic (exact) mass is 604 g/mol. The standard InChI is InChI=1S/C39H57NO4/c1-3-4-5-6-7-8-9-10-11-12-13-14-15-16-17-20-26-43-31-38(42-2)32-44-39(41)35-25-21-22-33(27-35)28-37-29-34-23-18-19-24-36(34)30-40-37/h18-19,21-25,27,29-30,38H,3-17,20,26,28,31-32H2,1-2H3/p+1. The Labute approximate surface area is 267 Å².